The predicted octanol–water partition coefficient (Wildman–Crippen LogP) is 2.70. The van der Waals surface area contributed by atoms with Crippen LogP contribution in [0.5, 0.6) is 0 Å². The summed E-state index contributed by atoms with van der Waals surface area (Å²) in [6.07, 6.45) is 0.576. The van der Waals surface area contributed by atoms with Gasteiger partial charge >= 0.3 is 0 Å². The molecule has 1 amide bonds. The van der Waals surface area contributed by atoms with Gasteiger partial charge in [-0.05, 0) is 16.5 Å². The van der Waals surface area contributed by atoms with Gasteiger partial charge in [0.15, 0.2) is 0 Å². The molecule has 3 nitrogen and oxygen atoms in total. The maximum absolute atomic E-state index is 12.0. The molecular formula is C17H26N2OS. The normalized spacial score (nSPS) is 19.3. The molecule has 2 rings (SSSR count). The minimum atomic E-state index is 0.134. The van der Waals surface area contributed by atoms with E-state index < -0.39 is 0 Å². The quantitative estimate of drug-likeness (QED) is 0.898. The van der Waals surface area contributed by atoms with Crippen LogP contribution in [0.25, 0.3) is 0 Å². The van der Waals surface area contributed by atoms with Gasteiger partial charge in [-0.2, -0.15) is 11.8 Å². The van der Waals surface area contributed by atoms with Crippen molar-refractivity contribution in [1.82, 2.24) is 10.6 Å². The summed E-state index contributed by atoms with van der Waals surface area (Å²) in [6.45, 7) is 8.25. The molecule has 1 aromatic carbocycles. The third kappa shape index (κ3) is 5.36. The van der Waals surface area contributed by atoms with Crippen molar-refractivity contribution in [2.75, 3.05) is 18.1 Å². The molecule has 0 aromatic heterocycles. The highest BCUT2D eigenvalue weighted by molar-refractivity contribution is 7.99. The first-order chi connectivity index (χ1) is 9.95. The Kier molecular flexibility index (Phi) is 5.71. The number of carbonyl (C=O) groups is 1. The molecule has 0 radical (unpaired) electrons. The second kappa shape index (κ2) is 7.32. The Bertz CT molecular complexity index is 459. The molecule has 1 aliphatic heterocycles. The average Bonchev–Trinajstić information content (AvgIpc) is 2.46. The number of benzene rings is 1. The van der Waals surface area contributed by atoms with Crippen molar-refractivity contribution in [2.45, 2.75) is 45.2 Å². The fraction of sp³-hybridized carbons (Fsp3) is 0.588. The number of nitrogens with one attached hydrogen (secondary N) is 2. The van der Waals surface area contributed by atoms with Gasteiger partial charge in [-0.1, -0.05) is 45.0 Å². The summed E-state index contributed by atoms with van der Waals surface area (Å²) in [7, 11) is 0. The molecule has 1 unspecified atom stereocenters. The third-order valence-electron chi connectivity index (χ3n) is 3.74. The summed E-state index contributed by atoms with van der Waals surface area (Å²) in [5, 5.41) is 6.41. The molecule has 4 heteroatoms. The Morgan fingerprint density at radius 2 is 2.05 bits per heavy atom. The zero-order valence-electron chi connectivity index (χ0n) is 13.2. The van der Waals surface area contributed by atoms with Gasteiger partial charge < -0.3 is 10.6 Å². The number of hydrogen-bond donors (Lipinski definition) is 2. The number of rotatable bonds is 4. The molecule has 0 bridgehead atoms. The second-order valence-electron chi connectivity index (χ2n) is 6.65. The molecule has 0 aliphatic carbocycles. The molecule has 1 atom stereocenters. The van der Waals surface area contributed by atoms with E-state index in [0.29, 0.717) is 19.0 Å². The molecule has 1 saturated heterocycles. The summed E-state index contributed by atoms with van der Waals surface area (Å²) in [5.41, 5.74) is 2.65. The van der Waals surface area contributed by atoms with E-state index in [4.69, 9.17) is 0 Å². The molecule has 1 aromatic rings. The highest BCUT2D eigenvalue weighted by Gasteiger charge is 2.16. The van der Waals surface area contributed by atoms with Crippen molar-refractivity contribution in [3.63, 3.8) is 0 Å². The van der Waals surface area contributed by atoms with Gasteiger partial charge in [0.05, 0.1) is 0 Å². The van der Waals surface area contributed by atoms with Crippen LogP contribution in [0.2, 0.25) is 0 Å². The van der Waals surface area contributed by atoms with E-state index >= 15 is 0 Å². The lowest BCUT2D eigenvalue weighted by atomic mass is 9.87. The van der Waals surface area contributed by atoms with Crippen molar-refractivity contribution >= 4 is 17.7 Å². The van der Waals surface area contributed by atoms with Crippen LogP contribution in [0.4, 0.5) is 0 Å². The second-order valence-corrected chi connectivity index (χ2v) is 7.80. The monoisotopic (exact) mass is 306 g/mol. The number of amides is 1. The van der Waals surface area contributed by atoms with Crippen LogP contribution < -0.4 is 10.6 Å². The van der Waals surface area contributed by atoms with Crippen LogP contribution in [0.3, 0.4) is 0 Å². The number of hydrogen-bond acceptors (Lipinski definition) is 3. The smallest absolute Gasteiger partial charge is 0.221 e. The van der Waals surface area contributed by atoms with Crippen molar-refractivity contribution in [3.8, 4) is 0 Å². The maximum atomic E-state index is 12.0. The Morgan fingerprint density at radius 1 is 1.33 bits per heavy atom. The van der Waals surface area contributed by atoms with E-state index in [9.17, 15) is 4.79 Å². The molecule has 1 aliphatic rings. The number of thioether (sulfide) groups is 1. The standard InChI is InChI=1S/C17H26N2OS/c1-17(2,3)14-6-4-13(5-7-14)11-19-16(20)10-15-12-21-9-8-18-15/h4-7,15,18H,8-12H2,1-3H3,(H,19,20). The van der Waals surface area contributed by atoms with Crippen LogP contribution in [0, 0.1) is 0 Å². The Hall–Kier alpha value is -1.00. The van der Waals surface area contributed by atoms with E-state index in [1.54, 1.807) is 0 Å². The van der Waals surface area contributed by atoms with Crippen molar-refractivity contribution in [2.24, 2.45) is 0 Å². The Balaban J connectivity index is 1.78. The van der Waals surface area contributed by atoms with E-state index in [0.717, 1.165) is 23.6 Å². The lowest BCUT2D eigenvalue weighted by Crippen LogP contribution is -2.41. The van der Waals surface area contributed by atoms with E-state index in [1.165, 1.54) is 5.56 Å². The molecule has 116 valence electrons. The van der Waals surface area contributed by atoms with Gasteiger partial charge in [0.2, 0.25) is 5.91 Å². The van der Waals surface area contributed by atoms with Gasteiger partial charge in [-0.3, -0.25) is 4.79 Å². The Morgan fingerprint density at radius 3 is 2.62 bits per heavy atom. The topological polar surface area (TPSA) is 41.1 Å². The first-order valence-electron chi connectivity index (χ1n) is 7.62. The largest absolute Gasteiger partial charge is 0.352 e. The van der Waals surface area contributed by atoms with E-state index in [1.807, 2.05) is 11.8 Å². The predicted molar refractivity (Wildman–Crippen MR) is 90.7 cm³/mol. The third-order valence-corrected chi connectivity index (χ3v) is 4.87. The highest BCUT2D eigenvalue weighted by atomic mass is 32.2. The fourth-order valence-electron chi connectivity index (χ4n) is 2.37. The lowest BCUT2D eigenvalue weighted by molar-refractivity contribution is -0.121. The maximum Gasteiger partial charge on any atom is 0.221 e. The van der Waals surface area contributed by atoms with Gasteiger partial charge in [-0.15, -0.1) is 0 Å². The van der Waals surface area contributed by atoms with Gasteiger partial charge in [-0.25, -0.2) is 0 Å². The summed E-state index contributed by atoms with van der Waals surface area (Å²) in [4.78, 5) is 12.0. The summed E-state index contributed by atoms with van der Waals surface area (Å²) >= 11 is 1.92. The first kappa shape index (κ1) is 16.4. The molecule has 21 heavy (non-hydrogen) atoms. The number of carbonyl (C=O) groups excluding carboxylic acids is 1. The molecular weight excluding hydrogens is 280 g/mol. The average molecular weight is 306 g/mol. The van der Waals surface area contributed by atoms with Crippen LogP contribution in [-0.4, -0.2) is 30.0 Å². The summed E-state index contributed by atoms with van der Waals surface area (Å²) < 4.78 is 0. The van der Waals surface area contributed by atoms with Gasteiger partial charge in [0, 0.05) is 37.1 Å². The molecule has 0 spiro atoms. The summed E-state index contributed by atoms with van der Waals surface area (Å²) in [6, 6.07) is 8.85. The van der Waals surface area contributed by atoms with Gasteiger partial charge in [0.25, 0.3) is 0 Å². The Labute approximate surface area is 132 Å². The summed E-state index contributed by atoms with van der Waals surface area (Å²) in [5.74, 6) is 2.32. The minimum absolute atomic E-state index is 0.134. The first-order valence-corrected chi connectivity index (χ1v) is 8.78. The zero-order chi connectivity index (χ0) is 15.3. The van der Waals surface area contributed by atoms with Crippen molar-refractivity contribution < 1.29 is 4.79 Å². The van der Waals surface area contributed by atoms with Crippen molar-refractivity contribution in [3.05, 3.63) is 35.4 Å². The van der Waals surface area contributed by atoms with Crippen LogP contribution in [-0.2, 0) is 16.8 Å². The van der Waals surface area contributed by atoms with Crippen LogP contribution in [0.1, 0.15) is 38.3 Å². The van der Waals surface area contributed by atoms with Crippen LogP contribution >= 0.6 is 11.8 Å². The van der Waals surface area contributed by atoms with E-state index in [2.05, 4.69) is 55.7 Å². The molecule has 1 fully saturated rings. The minimum Gasteiger partial charge on any atom is -0.352 e. The zero-order valence-corrected chi connectivity index (χ0v) is 14.1. The molecule has 1 heterocycles. The SMILES string of the molecule is CC(C)(C)c1ccc(CNC(=O)CC2CSCCN2)cc1. The van der Waals surface area contributed by atoms with Crippen LogP contribution in [0.15, 0.2) is 24.3 Å². The fourth-order valence-corrected chi connectivity index (χ4v) is 3.32. The highest BCUT2D eigenvalue weighted by Crippen LogP contribution is 2.22. The molecule has 0 saturated carbocycles. The van der Waals surface area contributed by atoms with E-state index in [-0.39, 0.29) is 11.3 Å². The lowest BCUT2D eigenvalue weighted by Gasteiger charge is -2.22. The molecule has 2 N–H and O–H groups in total. The van der Waals surface area contributed by atoms with Crippen molar-refractivity contribution in [1.29, 1.82) is 0 Å². The van der Waals surface area contributed by atoms with Gasteiger partial charge in [0.1, 0.15) is 0 Å².